The van der Waals surface area contributed by atoms with Crippen LogP contribution >= 0.6 is 23.2 Å². The molecule has 3 atom stereocenters. The van der Waals surface area contributed by atoms with Crippen LogP contribution in [0.3, 0.4) is 0 Å². The highest BCUT2D eigenvalue weighted by atomic mass is 35.5. The highest BCUT2D eigenvalue weighted by Crippen LogP contribution is 2.46. The van der Waals surface area contributed by atoms with Gasteiger partial charge in [-0.15, -0.1) is 0 Å². The molecule has 0 saturated heterocycles. The Kier molecular flexibility index (Phi) is 6.86. The van der Waals surface area contributed by atoms with E-state index in [-0.39, 0.29) is 5.92 Å². The number of aryl methyl sites for hydroxylation is 1. The highest BCUT2D eigenvalue weighted by Gasteiger charge is 2.43. The third-order valence-corrected chi connectivity index (χ3v) is 6.30. The van der Waals surface area contributed by atoms with E-state index in [4.69, 9.17) is 23.2 Å². The fourth-order valence-electron chi connectivity index (χ4n) is 4.47. The van der Waals surface area contributed by atoms with Crippen LogP contribution in [0.1, 0.15) is 36.8 Å². The molecule has 0 spiro atoms. The quantitative estimate of drug-likeness (QED) is 0.656. The average molecular weight is 406 g/mol. The van der Waals surface area contributed by atoms with Gasteiger partial charge in [0.05, 0.1) is 5.60 Å². The minimum Gasteiger partial charge on any atom is -0.385 e. The van der Waals surface area contributed by atoms with Crippen LogP contribution in [-0.2, 0) is 12.0 Å². The summed E-state index contributed by atoms with van der Waals surface area (Å²) in [5, 5.41) is 12.8. The predicted octanol–water partition coefficient (Wildman–Crippen LogP) is 5.79. The summed E-state index contributed by atoms with van der Waals surface area (Å²) in [6.45, 7) is 0.850. The van der Waals surface area contributed by atoms with E-state index in [1.165, 1.54) is 12.0 Å². The van der Waals surface area contributed by atoms with Crippen molar-refractivity contribution in [1.29, 1.82) is 0 Å². The summed E-state index contributed by atoms with van der Waals surface area (Å²) in [6, 6.07) is 16.1. The monoisotopic (exact) mass is 405 g/mol. The maximum atomic E-state index is 11.7. The largest absolute Gasteiger partial charge is 0.385 e. The molecule has 0 radical (unpaired) electrons. The number of benzene rings is 2. The molecule has 1 saturated carbocycles. The first-order chi connectivity index (χ1) is 12.9. The summed E-state index contributed by atoms with van der Waals surface area (Å²) in [5.41, 5.74) is 1.37. The van der Waals surface area contributed by atoms with Crippen molar-refractivity contribution in [3.05, 3.63) is 69.7 Å². The predicted molar refractivity (Wildman–Crippen MR) is 115 cm³/mol. The van der Waals surface area contributed by atoms with Gasteiger partial charge in [0.25, 0.3) is 0 Å². The van der Waals surface area contributed by atoms with Crippen LogP contribution in [0.15, 0.2) is 48.5 Å². The molecule has 0 aromatic heterocycles. The minimum absolute atomic E-state index is 0.163. The van der Waals surface area contributed by atoms with E-state index >= 15 is 0 Å². The third kappa shape index (κ3) is 5.26. The van der Waals surface area contributed by atoms with Crippen molar-refractivity contribution >= 4 is 23.2 Å². The van der Waals surface area contributed by atoms with Crippen LogP contribution in [0.5, 0.6) is 0 Å². The van der Waals surface area contributed by atoms with Gasteiger partial charge in [-0.1, -0.05) is 53.5 Å². The lowest BCUT2D eigenvalue weighted by Crippen LogP contribution is -2.45. The summed E-state index contributed by atoms with van der Waals surface area (Å²) in [5.74, 6) is 0.793. The van der Waals surface area contributed by atoms with Gasteiger partial charge >= 0.3 is 0 Å². The lowest BCUT2D eigenvalue weighted by molar-refractivity contribution is -0.0760. The van der Waals surface area contributed by atoms with Crippen molar-refractivity contribution in [2.24, 2.45) is 11.8 Å². The Balaban J connectivity index is 1.76. The lowest BCUT2D eigenvalue weighted by atomic mass is 9.66. The molecule has 0 amide bonds. The summed E-state index contributed by atoms with van der Waals surface area (Å²) >= 11 is 12.5. The summed E-state index contributed by atoms with van der Waals surface area (Å²) < 4.78 is 0. The molecule has 1 aliphatic rings. The fraction of sp³-hybridized carbons (Fsp3) is 0.478. The Hall–Kier alpha value is -1.06. The van der Waals surface area contributed by atoms with Crippen molar-refractivity contribution < 1.29 is 5.11 Å². The molecular formula is C23H29Cl2NO. The Morgan fingerprint density at radius 2 is 1.74 bits per heavy atom. The van der Waals surface area contributed by atoms with Gasteiger partial charge in [-0.05, 0) is 81.4 Å². The number of hydrogen-bond acceptors (Lipinski definition) is 2. The van der Waals surface area contributed by atoms with Crippen LogP contribution < -0.4 is 0 Å². The van der Waals surface area contributed by atoms with Gasteiger partial charge < -0.3 is 10.0 Å². The first-order valence-corrected chi connectivity index (χ1v) is 10.5. The smallest absolute Gasteiger partial charge is 0.0938 e. The summed E-state index contributed by atoms with van der Waals surface area (Å²) in [6.07, 6.45) is 5.06. The van der Waals surface area contributed by atoms with Gasteiger partial charge in [-0.3, -0.25) is 0 Å². The molecule has 1 N–H and O–H groups in total. The van der Waals surface area contributed by atoms with E-state index in [9.17, 15) is 5.11 Å². The minimum atomic E-state index is -0.873. The Morgan fingerprint density at radius 3 is 2.37 bits per heavy atom. The molecule has 2 aromatic carbocycles. The molecule has 2 aromatic rings. The van der Waals surface area contributed by atoms with Gasteiger partial charge in [0.2, 0.25) is 0 Å². The fourth-order valence-corrected chi connectivity index (χ4v) is 5.00. The van der Waals surface area contributed by atoms with E-state index in [0.29, 0.717) is 16.0 Å². The first kappa shape index (κ1) is 20.7. The zero-order valence-corrected chi connectivity index (χ0v) is 17.7. The zero-order valence-electron chi connectivity index (χ0n) is 16.2. The van der Waals surface area contributed by atoms with Crippen LogP contribution in [0.2, 0.25) is 10.0 Å². The molecule has 4 heteroatoms. The van der Waals surface area contributed by atoms with Gasteiger partial charge in [0.15, 0.2) is 0 Å². The average Bonchev–Trinajstić information content (AvgIpc) is 2.62. The van der Waals surface area contributed by atoms with E-state index in [1.807, 2.05) is 12.1 Å². The van der Waals surface area contributed by atoms with Crippen LogP contribution in [0.25, 0.3) is 0 Å². The molecular weight excluding hydrogens is 377 g/mol. The van der Waals surface area contributed by atoms with E-state index < -0.39 is 5.60 Å². The van der Waals surface area contributed by atoms with E-state index in [2.05, 4.69) is 49.3 Å². The molecule has 27 heavy (non-hydrogen) atoms. The second kappa shape index (κ2) is 8.96. The number of nitrogens with zero attached hydrogens (tertiary/aromatic N) is 1. The molecule has 0 heterocycles. The van der Waals surface area contributed by atoms with Crippen molar-refractivity contribution in [3.8, 4) is 0 Å². The molecule has 3 rings (SSSR count). The van der Waals surface area contributed by atoms with Crippen molar-refractivity contribution in [2.75, 3.05) is 20.6 Å². The summed E-state index contributed by atoms with van der Waals surface area (Å²) in [7, 11) is 4.14. The molecule has 2 nitrogen and oxygen atoms in total. The Labute approximate surface area is 173 Å². The van der Waals surface area contributed by atoms with Crippen molar-refractivity contribution in [1.82, 2.24) is 4.90 Å². The zero-order chi connectivity index (χ0) is 19.4. The number of hydrogen-bond donors (Lipinski definition) is 1. The standard InChI is InChI=1S/C23H29Cl2NO/c1-26(2)16-20-12-18(9-8-17-6-4-3-5-7-17)10-11-23(20,27)19-13-21(24)15-22(25)14-19/h3-7,13-15,18,20,27H,8-12,16H2,1-2H3. The molecule has 0 aliphatic heterocycles. The first-order valence-electron chi connectivity index (χ1n) is 9.74. The van der Waals surface area contributed by atoms with Gasteiger partial charge in [0.1, 0.15) is 0 Å². The second-order valence-corrected chi connectivity index (χ2v) is 9.08. The maximum Gasteiger partial charge on any atom is 0.0938 e. The third-order valence-electron chi connectivity index (χ3n) is 5.86. The molecule has 0 bridgehead atoms. The van der Waals surface area contributed by atoms with Crippen molar-refractivity contribution in [2.45, 2.75) is 37.7 Å². The summed E-state index contributed by atoms with van der Waals surface area (Å²) in [4.78, 5) is 2.17. The van der Waals surface area contributed by atoms with Crippen LogP contribution in [0, 0.1) is 11.8 Å². The topological polar surface area (TPSA) is 23.5 Å². The van der Waals surface area contributed by atoms with Crippen molar-refractivity contribution in [3.63, 3.8) is 0 Å². The van der Waals surface area contributed by atoms with Crippen LogP contribution in [0.4, 0.5) is 0 Å². The van der Waals surface area contributed by atoms with Gasteiger partial charge in [0, 0.05) is 22.5 Å². The number of aliphatic hydroxyl groups is 1. The maximum absolute atomic E-state index is 11.7. The van der Waals surface area contributed by atoms with Gasteiger partial charge in [-0.25, -0.2) is 0 Å². The highest BCUT2D eigenvalue weighted by molar-refractivity contribution is 6.34. The van der Waals surface area contributed by atoms with E-state index in [0.717, 1.165) is 37.8 Å². The second-order valence-electron chi connectivity index (χ2n) is 8.21. The molecule has 1 fully saturated rings. The molecule has 3 unspecified atom stereocenters. The number of halogens is 2. The van der Waals surface area contributed by atoms with Gasteiger partial charge in [-0.2, -0.15) is 0 Å². The number of rotatable bonds is 6. The van der Waals surface area contributed by atoms with E-state index in [1.54, 1.807) is 6.07 Å². The van der Waals surface area contributed by atoms with Crippen LogP contribution in [-0.4, -0.2) is 30.6 Å². The Bertz CT molecular complexity index is 729. The normalized spacial score (nSPS) is 25.7. The molecule has 146 valence electrons. The lowest BCUT2D eigenvalue weighted by Gasteiger charge is -2.45. The Morgan fingerprint density at radius 1 is 1.07 bits per heavy atom. The SMILES string of the molecule is CN(C)CC1CC(CCc2ccccc2)CCC1(O)c1cc(Cl)cc(Cl)c1. The molecule has 1 aliphatic carbocycles.